The van der Waals surface area contributed by atoms with Gasteiger partial charge in [0.15, 0.2) is 11.5 Å². The summed E-state index contributed by atoms with van der Waals surface area (Å²) in [5, 5.41) is 18.7. The van der Waals surface area contributed by atoms with Gasteiger partial charge in [-0.25, -0.2) is 4.79 Å². The van der Waals surface area contributed by atoms with Gasteiger partial charge in [-0.3, -0.25) is 10.1 Å². The molecule has 80 valence electrons. The van der Waals surface area contributed by atoms with Crippen molar-refractivity contribution < 1.29 is 24.3 Å². The zero-order valence-electron chi connectivity index (χ0n) is 7.67. The molecule has 7 heteroatoms. The number of carboxylic acid groups (broad SMARTS) is 1. The first-order valence-corrected chi connectivity index (χ1v) is 3.78. The second kappa shape index (κ2) is 4.27. The van der Waals surface area contributed by atoms with E-state index in [1.54, 1.807) is 0 Å². The molecule has 0 aliphatic carbocycles. The quantitative estimate of drug-likeness (QED) is 0.354. The average molecular weight is 213 g/mol. The van der Waals surface area contributed by atoms with E-state index in [1.165, 1.54) is 7.11 Å². The van der Waals surface area contributed by atoms with Crippen LogP contribution in [-0.4, -0.2) is 23.3 Å². The number of ether oxygens (including phenoxy) is 2. The van der Waals surface area contributed by atoms with Crippen molar-refractivity contribution in [3.05, 3.63) is 28.3 Å². The molecular weight excluding hydrogens is 206 g/mol. The molecule has 0 heterocycles. The Morgan fingerprint density at radius 1 is 1.47 bits per heavy atom. The van der Waals surface area contributed by atoms with E-state index < -0.39 is 11.1 Å². The number of methoxy groups -OCH3 is 1. The number of carbonyl (C=O) groups is 1. The molecule has 0 radical (unpaired) electrons. The van der Waals surface area contributed by atoms with E-state index in [-0.39, 0.29) is 17.2 Å². The van der Waals surface area contributed by atoms with Crippen molar-refractivity contribution in [2.75, 3.05) is 7.11 Å². The Balaban J connectivity index is 3.08. The van der Waals surface area contributed by atoms with Crippen molar-refractivity contribution in [1.82, 2.24) is 0 Å². The topological polar surface area (TPSA) is 98.9 Å². The zero-order valence-corrected chi connectivity index (χ0v) is 7.67. The largest absolute Gasteiger partial charge is 0.511 e. The lowest BCUT2D eigenvalue weighted by molar-refractivity contribution is -0.384. The van der Waals surface area contributed by atoms with Gasteiger partial charge in [0.2, 0.25) is 0 Å². The summed E-state index contributed by atoms with van der Waals surface area (Å²) in [4.78, 5) is 20.0. The molecule has 1 N–H and O–H groups in total. The van der Waals surface area contributed by atoms with Gasteiger partial charge in [-0.05, 0) is 6.07 Å². The van der Waals surface area contributed by atoms with Crippen LogP contribution in [0.5, 0.6) is 11.5 Å². The van der Waals surface area contributed by atoms with E-state index in [9.17, 15) is 14.9 Å². The zero-order chi connectivity index (χ0) is 11.4. The van der Waals surface area contributed by atoms with Crippen molar-refractivity contribution in [2.24, 2.45) is 0 Å². The number of nitrogens with zero attached hydrogens (tertiary/aromatic N) is 1. The second-order valence-electron chi connectivity index (χ2n) is 2.46. The van der Waals surface area contributed by atoms with Crippen LogP contribution in [-0.2, 0) is 0 Å². The number of nitro groups is 1. The summed E-state index contributed by atoms with van der Waals surface area (Å²) in [5.74, 6) is -0.0952. The minimum absolute atomic E-state index is 0.00778. The van der Waals surface area contributed by atoms with Gasteiger partial charge in [0, 0.05) is 6.07 Å². The van der Waals surface area contributed by atoms with Crippen LogP contribution >= 0.6 is 0 Å². The van der Waals surface area contributed by atoms with Gasteiger partial charge in [-0.2, -0.15) is 0 Å². The van der Waals surface area contributed by atoms with Crippen LogP contribution in [0.25, 0.3) is 0 Å². The number of nitro benzene ring substituents is 1. The van der Waals surface area contributed by atoms with E-state index in [1.807, 2.05) is 0 Å². The van der Waals surface area contributed by atoms with Crippen molar-refractivity contribution in [1.29, 1.82) is 0 Å². The Morgan fingerprint density at radius 3 is 2.60 bits per heavy atom. The van der Waals surface area contributed by atoms with Crippen LogP contribution in [0.15, 0.2) is 18.2 Å². The molecule has 0 saturated heterocycles. The van der Waals surface area contributed by atoms with Crippen LogP contribution in [0.1, 0.15) is 0 Å². The molecule has 0 saturated carbocycles. The summed E-state index contributed by atoms with van der Waals surface area (Å²) in [6, 6.07) is 3.37. The highest BCUT2D eigenvalue weighted by Crippen LogP contribution is 2.30. The highest BCUT2D eigenvalue weighted by molar-refractivity contribution is 5.63. The molecule has 0 amide bonds. The van der Waals surface area contributed by atoms with Gasteiger partial charge in [-0.15, -0.1) is 0 Å². The fourth-order valence-corrected chi connectivity index (χ4v) is 0.948. The normalized spacial score (nSPS) is 9.40. The van der Waals surface area contributed by atoms with Gasteiger partial charge in [0.05, 0.1) is 18.1 Å². The first-order chi connectivity index (χ1) is 7.04. The second-order valence-corrected chi connectivity index (χ2v) is 2.46. The Morgan fingerprint density at radius 2 is 2.13 bits per heavy atom. The molecule has 1 aromatic carbocycles. The molecule has 0 atom stereocenters. The first-order valence-electron chi connectivity index (χ1n) is 3.78. The van der Waals surface area contributed by atoms with Crippen LogP contribution in [0.3, 0.4) is 0 Å². The maximum Gasteiger partial charge on any atom is 0.511 e. The van der Waals surface area contributed by atoms with Crippen LogP contribution in [0.2, 0.25) is 0 Å². The third-order valence-corrected chi connectivity index (χ3v) is 1.56. The summed E-state index contributed by atoms with van der Waals surface area (Å²) in [6.45, 7) is 0. The Labute approximate surface area is 84.0 Å². The molecule has 0 fully saturated rings. The summed E-state index contributed by atoms with van der Waals surface area (Å²) in [6.07, 6.45) is -1.51. The summed E-state index contributed by atoms with van der Waals surface area (Å²) < 4.78 is 9.08. The van der Waals surface area contributed by atoms with Gasteiger partial charge < -0.3 is 14.6 Å². The molecule has 0 aliphatic rings. The van der Waals surface area contributed by atoms with Gasteiger partial charge >= 0.3 is 6.16 Å². The van der Waals surface area contributed by atoms with E-state index in [0.717, 1.165) is 18.2 Å². The fraction of sp³-hybridized carbons (Fsp3) is 0.125. The maximum atomic E-state index is 10.4. The third kappa shape index (κ3) is 2.56. The van der Waals surface area contributed by atoms with E-state index in [0.29, 0.717) is 0 Å². The number of hydrogen-bond acceptors (Lipinski definition) is 5. The average Bonchev–Trinajstić information content (AvgIpc) is 2.17. The SMILES string of the molecule is COc1cc([N+](=O)[O-])ccc1OC(=O)O. The van der Waals surface area contributed by atoms with E-state index >= 15 is 0 Å². The number of benzene rings is 1. The molecule has 0 unspecified atom stereocenters. The molecule has 0 aliphatic heterocycles. The lowest BCUT2D eigenvalue weighted by atomic mass is 10.3. The van der Waals surface area contributed by atoms with Crippen molar-refractivity contribution in [3.63, 3.8) is 0 Å². The van der Waals surface area contributed by atoms with Crippen LogP contribution < -0.4 is 9.47 Å². The van der Waals surface area contributed by atoms with Crippen LogP contribution in [0, 0.1) is 10.1 Å². The maximum absolute atomic E-state index is 10.4. The molecule has 7 nitrogen and oxygen atoms in total. The predicted molar refractivity (Wildman–Crippen MR) is 48.3 cm³/mol. The first kappa shape index (κ1) is 10.8. The van der Waals surface area contributed by atoms with Gasteiger partial charge in [-0.1, -0.05) is 0 Å². The van der Waals surface area contributed by atoms with Crippen LogP contribution in [0.4, 0.5) is 10.5 Å². The van der Waals surface area contributed by atoms with Gasteiger partial charge in [0.25, 0.3) is 5.69 Å². The Bertz CT molecular complexity index is 402. The Hall–Kier alpha value is -2.31. The molecule has 0 bridgehead atoms. The van der Waals surface area contributed by atoms with Crippen molar-refractivity contribution >= 4 is 11.8 Å². The molecule has 0 aromatic heterocycles. The lowest BCUT2D eigenvalue weighted by Crippen LogP contribution is -2.04. The predicted octanol–water partition coefficient (Wildman–Crippen LogP) is 1.66. The van der Waals surface area contributed by atoms with Crippen molar-refractivity contribution in [2.45, 2.75) is 0 Å². The lowest BCUT2D eigenvalue weighted by Gasteiger charge is -2.05. The van der Waals surface area contributed by atoms with Crippen molar-refractivity contribution in [3.8, 4) is 11.5 Å². The smallest absolute Gasteiger partial charge is 0.493 e. The molecule has 1 aromatic rings. The van der Waals surface area contributed by atoms with E-state index in [2.05, 4.69) is 4.74 Å². The molecular formula is C8H7NO6. The molecule has 15 heavy (non-hydrogen) atoms. The molecule has 0 spiro atoms. The molecule has 1 rings (SSSR count). The number of rotatable bonds is 3. The summed E-state index contributed by atoms with van der Waals surface area (Å²) >= 11 is 0. The number of non-ortho nitro benzene ring substituents is 1. The minimum atomic E-state index is -1.51. The number of hydrogen-bond donors (Lipinski definition) is 1. The highest BCUT2D eigenvalue weighted by atomic mass is 16.7. The summed E-state index contributed by atoms with van der Waals surface area (Å²) in [7, 11) is 1.26. The minimum Gasteiger partial charge on any atom is -0.493 e. The van der Waals surface area contributed by atoms with Gasteiger partial charge in [0.1, 0.15) is 0 Å². The fourth-order valence-electron chi connectivity index (χ4n) is 0.948. The standard InChI is InChI=1S/C8H7NO6/c1-14-7-4-5(9(12)13)2-3-6(7)15-8(10)11/h2-4H,1H3,(H,10,11). The third-order valence-electron chi connectivity index (χ3n) is 1.56. The monoisotopic (exact) mass is 213 g/mol. The summed E-state index contributed by atoms with van der Waals surface area (Å²) in [5.41, 5.74) is -0.204. The van der Waals surface area contributed by atoms with E-state index in [4.69, 9.17) is 9.84 Å². The highest BCUT2D eigenvalue weighted by Gasteiger charge is 2.14. The Kier molecular flexibility index (Phi) is 3.06.